The van der Waals surface area contributed by atoms with Crippen LogP contribution in [0.25, 0.3) is 11.3 Å². The van der Waals surface area contributed by atoms with E-state index in [-0.39, 0.29) is 0 Å². The normalized spacial score (nSPS) is 11.4. The SMILES string of the molecule is CCc1ccccc1CNC(=NC)NCc1cc(-c2ccccc2)on1. The molecule has 0 radical (unpaired) electrons. The first-order chi connectivity index (χ1) is 12.8. The molecule has 3 aromatic rings. The highest BCUT2D eigenvalue weighted by molar-refractivity contribution is 5.79. The lowest BCUT2D eigenvalue weighted by molar-refractivity contribution is 0.422. The second-order valence-electron chi connectivity index (χ2n) is 5.95. The second kappa shape index (κ2) is 8.85. The van der Waals surface area contributed by atoms with E-state index in [1.165, 1.54) is 11.1 Å². The van der Waals surface area contributed by atoms with Gasteiger partial charge < -0.3 is 15.2 Å². The predicted octanol–water partition coefficient (Wildman–Crippen LogP) is 3.77. The molecule has 5 nitrogen and oxygen atoms in total. The van der Waals surface area contributed by atoms with Gasteiger partial charge in [0.05, 0.1) is 6.54 Å². The lowest BCUT2D eigenvalue weighted by atomic mass is 10.1. The number of hydrogen-bond acceptors (Lipinski definition) is 3. The Kier molecular flexibility index (Phi) is 6.04. The van der Waals surface area contributed by atoms with Gasteiger partial charge in [-0.05, 0) is 17.5 Å². The number of nitrogens with one attached hydrogen (secondary N) is 2. The Bertz CT molecular complexity index is 855. The summed E-state index contributed by atoms with van der Waals surface area (Å²) in [6.07, 6.45) is 1.02. The molecule has 0 unspecified atom stereocenters. The molecule has 0 amide bonds. The quantitative estimate of drug-likeness (QED) is 0.526. The van der Waals surface area contributed by atoms with Gasteiger partial charge in [-0.15, -0.1) is 0 Å². The van der Waals surface area contributed by atoms with Gasteiger partial charge in [-0.2, -0.15) is 0 Å². The molecule has 5 heteroatoms. The Balaban J connectivity index is 1.55. The minimum absolute atomic E-state index is 0.547. The van der Waals surface area contributed by atoms with Crippen LogP contribution < -0.4 is 10.6 Å². The molecule has 0 fully saturated rings. The van der Waals surface area contributed by atoms with Gasteiger partial charge >= 0.3 is 0 Å². The number of aryl methyl sites for hydroxylation is 1. The predicted molar refractivity (Wildman–Crippen MR) is 105 cm³/mol. The van der Waals surface area contributed by atoms with Crippen LogP contribution in [0.15, 0.2) is 70.2 Å². The molecule has 0 aliphatic rings. The van der Waals surface area contributed by atoms with Crippen LogP contribution in [0.2, 0.25) is 0 Å². The molecule has 1 aromatic heterocycles. The first-order valence-corrected chi connectivity index (χ1v) is 8.82. The third kappa shape index (κ3) is 4.51. The van der Waals surface area contributed by atoms with Gasteiger partial charge in [-0.25, -0.2) is 0 Å². The van der Waals surface area contributed by atoms with Crippen LogP contribution >= 0.6 is 0 Å². The number of aliphatic imine (C=N–C) groups is 1. The Morgan fingerprint density at radius 2 is 1.65 bits per heavy atom. The molecule has 134 valence electrons. The molecule has 0 saturated carbocycles. The fraction of sp³-hybridized carbons (Fsp3) is 0.238. The highest BCUT2D eigenvalue weighted by Gasteiger charge is 2.07. The van der Waals surface area contributed by atoms with Crippen molar-refractivity contribution < 1.29 is 4.52 Å². The maximum absolute atomic E-state index is 5.43. The van der Waals surface area contributed by atoms with Crippen molar-refractivity contribution >= 4 is 5.96 Å². The number of rotatable bonds is 6. The van der Waals surface area contributed by atoms with Crippen LogP contribution in [0.1, 0.15) is 23.7 Å². The van der Waals surface area contributed by atoms with E-state index in [2.05, 4.69) is 52.0 Å². The van der Waals surface area contributed by atoms with Crippen LogP contribution in [0, 0.1) is 0 Å². The largest absolute Gasteiger partial charge is 0.356 e. The Morgan fingerprint density at radius 3 is 2.38 bits per heavy atom. The van der Waals surface area contributed by atoms with Crippen LogP contribution in [0.3, 0.4) is 0 Å². The number of aromatic nitrogens is 1. The van der Waals surface area contributed by atoms with E-state index in [9.17, 15) is 0 Å². The van der Waals surface area contributed by atoms with Gasteiger partial charge in [0.2, 0.25) is 0 Å². The fourth-order valence-electron chi connectivity index (χ4n) is 2.78. The zero-order valence-electron chi connectivity index (χ0n) is 15.2. The Morgan fingerprint density at radius 1 is 0.962 bits per heavy atom. The van der Waals surface area contributed by atoms with Crippen LogP contribution in [0.5, 0.6) is 0 Å². The summed E-state index contributed by atoms with van der Waals surface area (Å²) < 4.78 is 5.43. The molecule has 2 N–H and O–H groups in total. The van der Waals surface area contributed by atoms with E-state index < -0.39 is 0 Å². The van der Waals surface area contributed by atoms with Gasteiger partial charge in [-0.3, -0.25) is 4.99 Å². The highest BCUT2D eigenvalue weighted by atomic mass is 16.5. The van der Waals surface area contributed by atoms with Gasteiger partial charge in [0.25, 0.3) is 0 Å². The van der Waals surface area contributed by atoms with Crippen molar-refractivity contribution in [2.24, 2.45) is 4.99 Å². The highest BCUT2D eigenvalue weighted by Crippen LogP contribution is 2.19. The molecule has 0 bridgehead atoms. The minimum Gasteiger partial charge on any atom is -0.356 e. The molecule has 0 saturated heterocycles. The lowest BCUT2D eigenvalue weighted by Crippen LogP contribution is -2.36. The van der Waals surface area contributed by atoms with Gasteiger partial charge in [-0.1, -0.05) is 66.7 Å². The molecule has 3 rings (SSSR count). The summed E-state index contributed by atoms with van der Waals surface area (Å²) in [4.78, 5) is 4.27. The summed E-state index contributed by atoms with van der Waals surface area (Å²) >= 11 is 0. The lowest BCUT2D eigenvalue weighted by Gasteiger charge is -2.13. The van der Waals surface area contributed by atoms with Crippen molar-refractivity contribution in [3.8, 4) is 11.3 Å². The molecule has 26 heavy (non-hydrogen) atoms. The topological polar surface area (TPSA) is 62.5 Å². The molecule has 0 aliphatic heterocycles. The summed E-state index contributed by atoms with van der Waals surface area (Å²) in [5, 5.41) is 10.7. The second-order valence-corrected chi connectivity index (χ2v) is 5.95. The van der Waals surface area contributed by atoms with E-state index in [4.69, 9.17) is 4.52 Å². The van der Waals surface area contributed by atoms with E-state index in [0.29, 0.717) is 6.54 Å². The fourth-order valence-corrected chi connectivity index (χ4v) is 2.78. The van der Waals surface area contributed by atoms with E-state index in [1.807, 2.05) is 36.4 Å². The minimum atomic E-state index is 0.547. The van der Waals surface area contributed by atoms with E-state index >= 15 is 0 Å². The summed E-state index contributed by atoms with van der Waals surface area (Å²) in [5.41, 5.74) is 4.48. The number of benzene rings is 2. The van der Waals surface area contributed by atoms with Crippen molar-refractivity contribution in [3.63, 3.8) is 0 Å². The maximum Gasteiger partial charge on any atom is 0.191 e. The molecule has 0 atom stereocenters. The number of nitrogens with zero attached hydrogens (tertiary/aromatic N) is 2. The molecule has 0 spiro atoms. The summed E-state index contributed by atoms with van der Waals surface area (Å²) in [7, 11) is 1.76. The van der Waals surface area contributed by atoms with E-state index in [1.54, 1.807) is 7.05 Å². The average Bonchev–Trinajstić information content (AvgIpc) is 3.18. The van der Waals surface area contributed by atoms with Gasteiger partial charge in [0.1, 0.15) is 5.69 Å². The third-order valence-electron chi connectivity index (χ3n) is 4.22. The van der Waals surface area contributed by atoms with Crippen molar-refractivity contribution in [3.05, 3.63) is 77.5 Å². The smallest absolute Gasteiger partial charge is 0.191 e. The molecule has 2 aromatic carbocycles. The summed E-state index contributed by atoms with van der Waals surface area (Å²) in [6, 6.07) is 20.3. The number of hydrogen-bond donors (Lipinski definition) is 2. The van der Waals surface area contributed by atoms with E-state index in [0.717, 1.165) is 35.9 Å². The molecule has 1 heterocycles. The van der Waals surface area contributed by atoms with Crippen LogP contribution in [-0.2, 0) is 19.5 Å². The van der Waals surface area contributed by atoms with Crippen molar-refractivity contribution in [2.75, 3.05) is 7.05 Å². The van der Waals surface area contributed by atoms with Crippen molar-refractivity contribution in [1.82, 2.24) is 15.8 Å². The first kappa shape index (κ1) is 17.7. The van der Waals surface area contributed by atoms with Gasteiger partial charge in [0, 0.05) is 25.2 Å². The summed E-state index contributed by atoms with van der Waals surface area (Å²) in [6.45, 7) is 3.45. The first-order valence-electron chi connectivity index (χ1n) is 8.82. The van der Waals surface area contributed by atoms with Crippen molar-refractivity contribution in [2.45, 2.75) is 26.4 Å². The summed E-state index contributed by atoms with van der Waals surface area (Å²) in [5.74, 6) is 1.50. The zero-order chi connectivity index (χ0) is 18.2. The maximum atomic E-state index is 5.43. The Hall–Kier alpha value is -3.08. The Labute approximate surface area is 154 Å². The average molecular weight is 348 g/mol. The molecular weight excluding hydrogens is 324 g/mol. The van der Waals surface area contributed by atoms with Gasteiger partial charge in [0.15, 0.2) is 11.7 Å². The molecular formula is C21H24N4O. The standard InChI is InChI=1S/C21H24N4O/c1-3-16-9-7-8-12-18(16)14-23-21(22-2)24-15-19-13-20(26-25-19)17-10-5-4-6-11-17/h4-13H,3,14-15H2,1-2H3,(H2,22,23,24). The van der Waals surface area contributed by atoms with Crippen molar-refractivity contribution in [1.29, 1.82) is 0 Å². The van der Waals surface area contributed by atoms with Crippen LogP contribution in [-0.4, -0.2) is 18.2 Å². The number of guanidine groups is 1. The van der Waals surface area contributed by atoms with Crippen LogP contribution in [0.4, 0.5) is 0 Å². The zero-order valence-corrected chi connectivity index (χ0v) is 15.2. The third-order valence-corrected chi connectivity index (χ3v) is 4.22. The monoisotopic (exact) mass is 348 g/mol. The molecule has 0 aliphatic carbocycles.